The first-order chi connectivity index (χ1) is 20.3. The highest BCUT2D eigenvalue weighted by molar-refractivity contribution is 7.89. The monoisotopic (exact) mass is 610 g/mol. The van der Waals surface area contributed by atoms with Gasteiger partial charge in [-0.25, -0.2) is 18.4 Å². The zero-order valence-corrected chi connectivity index (χ0v) is 25.5. The van der Waals surface area contributed by atoms with Crippen LogP contribution < -0.4 is 25.0 Å². The van der Waals surface area contributed by atoms with Gasteiger partial charge in [0.05, 0.1) is 24.1 Å². The van der Waals surface area contributed by atoms with Crippen molar-refractivity contribution in [1.29, 1.82) is 0 Å². The number of hydrogen-bond donors (Lipinski definition) is 4. The van der Waals surface area contributed by atoms with Gasteiger partial charge in [0.1, 0.15) is 11.4 Å². The molecule has 1 unspecified atom stereocenters. The van der Waals surface area contributed by atoms with Gasteiger partial charge >= 0.3 is 5.97 Å². The van der Waals surface area contributed by atoms with Crippen molar-refractivity contribution in [2.24, 2.45) is 5.41 Å². The van der Waals surface area contributed by atoms with Gasteiger partial charge in [0, 0.05) is 42.5 Å². The Morgan fingerprint density at radius 1 is 1.02 bits per heavy atom. The van der Waals surface area contributed by atoms with E-state index in [4.69, 9.17) is 4.74 Å². The van der Waals surface area contributed by atoms with Crippen LogP contribution in [0.4, 0.5) is 11.6 Å². The standard InChI is InChI=1S/C30H38N6O6S/c1-29(2,3)30(20-26(37)38,35-43(40,41)23-9-6-5-7-10-23)34-27(39)21-11-12-24(25(19-21)42-4)36-17-13-22(14-18-36)33-28-31-15-8-16-32-28/h5-12,15-16,19,22,35H,13-14,17-18,20H2,1-4H3,(H,34,39)(H,37,38)(H,31,32,33). The van der Waals surface area contributed by atoms with E-state index in [2.05, 4.69) is 30.2 Å². The zero-order valence-electron chi connectivity index (χ0n) is 24.7. The first-order valence-corrected chi connectivity index (χ1v) is 15.4. The van der Waals surface area contributed by atoms with Gasteiger partial charge in [0.15, 0.2) is 0 Å². The smallest absolute Gasteiger partial charge is 0.307 e. The second-order valence-electron chi connectivity index (χ2n) is 11.5. The summed E-state index contributed by atoms with van der Waals surface area (Å²) in [6.45, 7) is 6.46. The molecule has 12 nitrogen and oxygen atoms in total. The van der Waals surface area contributed by atoms with Gasteiger partial charge in [-0.2, -0.15) is 4.72 Å². The number of aliphatic carboxylic acids is 1. The molecule has 1 fully saturated rings. The maximum Gasteiger partial charge on any atom is 0.307 e. The number of amides is 1. The summed E-state index contributed by atoms with van der Waals surface area (Å²) < 4.78 is 34.9. The predicted octanol–water partition coefficient (Wildman–Crippen LogP) is 3.49. The number of benzene rings is 2. The third kappa shape index (κ3) is 7.59. The van der Waals surface area contributed by atoms with Crippen molar-refractivity contribution < 1.29 is 27.9 Å². The van der Waals surface area contributed by atoms with Crippen LogP contribution in [-0.2, 0) is 14.8 Å². The Labute approximate surface area is 251 Å². The quantitative estimate of drug-likeness (QED) is 0.236. The number of ether oxygens (including phenoxy) is 1. The van der Waals surface area contributed by atoms with Gasteiger partial charge in [-0.1, -0.05) is 39.0 Å². The van der Waals surface area contributed by atoms with E-state index in [-0.39, 0.29) is 16.5 Å². The summed E-state index contributed by atoms with van der Waals surface area (Å²) in [7, 11) is -2.69. The van der Waals surface area contributed by atoms with Crippen LogP contribution >= 0.6 is 0 Å². The number of carbonyl (C=O) groups is 2. The summed E-state index contributed by atoms with van der Waals surface area (Å²) in [4.78, 5) is 36.3. The third-order valence-electron chi connectivity index (χ3n) is 7.56. The lowest BCUT2D eigenvalue weighted by Gasteiger charge is -2.44. The minimum Gasteiger partial charge on any atom is -0.495 e. The number of carboxylic acids is 1. The fourth-order valence-electron chi connectivity index (χ4n) is 4.99. The molecule has 4 rings (SSSR count). The van der Waals surface area contributed by atoms with Gasteiger partial charge in [-0.15, -0.1) is 0 Å². The lowest BCUT2D eigenvalue weighted by atomic mass is 9.78. The molecular formula is C30H38N6O6S. The van der Waals surface area contributed by atoms with Gasteiger partial charge in [-0.3, -0.25) is 9.59 Å². The molecule has 230 valence electrons. The second kappa shape index (κ2) is 13.0. The molecule has 3 aromatic rings. The topological polar surface area (TPSA) is 163 Å². The van der Waals surface area contributed by atoms with E-state index >= 15 is 0 Å². The van der Waals surface area contributed by atoms with Crippen molar-refractivity contribution in [1.82, 2.24) is 20.0 Å². The van der Waals surface area contributed by atoms with E-state index in [1.165, 1.54) is 19.2 Å². The summed E-state index contributed by atoms with van der Waals surface area (Å²) in [5.41, 5.74) is -1.91. The van der Waals surface area contributed by atoms with Crippen molar-refractivity contribution >= 4 is 33.5 Å². The number of rotatable bonds is 11. The Hall–Kier alpha value is -4.23. The Balaban J connectivity index is 1.55. The molecule has 0 spiro atoms. The molecule has 1 atom stereocenters. The summed E-state index contributed by atoms with van der Waals surface area (Å²) in [5.74, 6) is -0.873. The summed E-state index contributed by atoms with van der Waals surface area (Å²) >= 11 is 0. The minimum atomic E-state index is -4.21. The number of piperidine rings is 1. The molecule has 2 aromatic carbocycles. The van der Waals surface area contributed by atoms with Gasteiger partial charge in [0.2, 0.25) is 16.0 Å². The number of anilines is 2. The molecule has 4 N–H and O–H groups in total. The van der Waals surface area contributed by atoms with Gasteiger partial charge in [-0.05, 0) is 49.2 Å². The number of carbonyl (C=O) groups excluding carboxylic acids is 1. The highest BCUT2D eigenvalue weighted by atomic mass is 32.2. The lowest BCUT2D eigenvalue weighted by Crippen LogP contribution is -2.68. The summed E-state index contributed by atoms with van der Waals surface area (Å²) in [6, 6.07) is 14.6. The van der Waals surface area contributed by atoms with E-state index in [1.54, 1.807) is 75.6 Å². The van der Waals surface area contributed by atoms with E-state index in [9.17, 15) is 23.1 Å². The summed E-state index contributed by atoms with van der Waals surface area (Å²) in [6.07, 6.45) is 4.38. The first kappa shape index (κ1) is 31.7. The Morgan fingerprint density at radius 3 is 2.26 bits per heavy atom. The van der Waals surface area contributed by atoms with Crippen molar-refractivity contribution in [2.75, 3.05) is 30.4 Å². The number of nitrogens with one attached hydrogen (secondary N) is 3. The fourth-order valence-corrected chi connectivity index (χ4v) is 6.51. The molecule has 1 aromatic heterocycles. The van der Waals surface area contributed by atoms with Crippen LogP contribution in [-0.4, -0.2) is 67.3 Å². The predicted molar refractivity (Wildman–Crippen MR) is 163 cm³/mol. The van der Waals surface area contributed by atoms with Gasteiger partial charge < -0.3 is 25.4 Å². The van der Waals surface area contributed by atoms with E-state index in [0.717, 1.165) is 31.6 Å². The van der Waals surface area contributed by atoms with Crippen molar-refractivity contribution in [3.05, 3.63) is 72.6 Å². The van der Waals surface area contributed by atoms with E-state index < -0.39 is 39.4 Å². The highest BCUT2D eigenvalue weighted by Crippen LogP contribution is 2.35. The maximum absolute atomic E-state index is 13.7. The van der Waals surface area contributed by atoms with E-state index in [1.807, 2.05) is 0 Å². The molecule has 2 heterocycles. The number of carboxylic acid groups (broad SMARTS) is 1. The SMILES string of the molecule is COc1cc(C(=O)NC(CC(=O)O)(NS(=O)(=O)c2ccccc2)C(C)(C)C)ccc1N1CCC(Nc2ncccn2)CC1. The Bertz CT molecular complexity index is 1520. The van der Waals surface area contributed by atoms with Crippen LogP contribution in [0.25, 0.3) is 0 Å². The minimum absolute atomic E-state index is 0.0513. The molecule has 0 aliphatic carbocycles. The molecule has 1 aliphatic heterocycles. The van der Waals surface area contributed by atoms with Crippen LogP contribution in [0, 0.1) is 5.41 Å². The molecule has 1 aliphatic rings. The Kier molecular flexibility index (Phi) is 9.55. The molecule has 1 saturated heterocycles. The lowest BCUT2D eigenvalue weighted by molar-refractivity contribution is -0.140. The highest BCUT2D eigenvalue weighted by Gasteiger charge is 2.48. The van der Waals surface area contributed by atoms with E-state index in [0.29, 0.717) is 11.7 Å². The van der Waals surface area contributed by atoms with Crippen molar-refractivity contribution in [3.63, 3.8) is 0 Å². The van der Waals surface area contributed by atoms with Crippen LogP contribution in [0.2, 0.25) is 0 Å². The van der Waals surface area contributed by atoms with Gasteiger partial charge in [0.25, 0.3) is 5.91 Å². The average molecular weight is 611 g/mol. The van der Waals surface area contributed by atoms with Crippen LogP contribution in [0.3, 0.4) is 0 Å². The molecule has 0 bridgehead atoms. The molecular weight excluding hydrogens is 572 g/mol. The molecule has 0 radical (unpaired) electrons. The number of methoxy groups -OCH3 is 1. The maximum atomic E-state index is 13.7. The Morgan fingerprint density at radius 2 is 1.67 bits per heavy atom. The normalized spacial score (nSPS) is 15.8. The molecule has 1 amide bonds. The fraction of sp³-hybridized carbons (Fsp3) is 0.400. The van der Waals surface area contributed by atoms with Crippen LogP contribution in [0.15, 0.2) is 71.9 Å². The van der Waals surface area contributed by atoms with Crippen molar-refractivity contribution in [2.45, 2.75) is 56.6 Å². The molecule has 43 heavy (non-hydrogen) atoms. The number of hydrogen-bond acceptors (Lipinski definition) is 9. The second-order valence-corrected chi connectivity index (χ2v) is 13.1. The number of nitrogens with zero attached hydrogens (tertiary/aromatic N) is 3. The number of sulfonamides is 1. The average Bonchev–Trinajstić information content (AvgIpc) is 2.97. The third-order valence-corrected chi connectivity index (χ3v) is 9.07. The van der Waals surface area contributed by atoms with Crippen LogP contribution in [0.5, 0.6) is 5.75 Å². The van der Waals surface area contributed by atoms with Crippen LogP contribution in [0.1, 0.15) is 50.4 Å². The molecule has 0 saturated carbocycles. The first-order valence-electron chi connectivity index (χ1n) is 13.9. The summed E-state index contributed by atoms with van der Waals surface area (Å²) in [5, 5.41) is 15.9. The number of aromatic nitrogens is 2. The van der Waals surface area contributed by atoms with Crippen molar-refractivity contribution in [3.8, 4) is 5.75 Å². The zero-order chi connectivity index (χ0) is 31.3. The molecule has 13 heteroatoms. The largest absolute Gasteiger partial charge is 0.495 e.